The van der Waals surface area contributed by atoms with Crippen LogP contribution in [0.4, 0.5) is 0 Å². The first kappa shape index (κ1) is 16.3. The fourth-order valence-corrected chi connectivity index (χ4v) is 4.33. The fourth-order valence-electron chi connectivity index (χ4n) is 4.33. The monoisotopic (exact) mass is 339 g/mol. The Morgan fingerprint density at radius 3 is 2.96 bits per heavy atom. The van der Waals surface area contributed by atoms with Crippen LogP contribution < -0.4 is 5.32 Å². The lowest BCUT2D eigenvalue weighted by molar-refractivity contribution is -0.132. The molecule has 2 heterocycles. The van der Waals surface area contributed by atoms with E-state index in [0.717, 1.165) is 55.9 Å². The maximum atomic E-state index is 13.1. The van der Waals surface area contributed by atoms with E-state index >= 15 is 0 Å². The molecule has 0 spiro atoms. The van der Waals surface area contributed by atoms with Crippen LogP contribution in [0.15, 0.2) is 24.3 Å². The minimum Gasteiger partial charge on any atom is -0.354 e. The Balaban J connectivity index is 1.48. The van der Waals surface area contributed by atoms with Crippen molar-refractivity contribution < 1.29 is 4.79 Å². The van der Waals surface area contributed by atoms with Gasteiger partial charge in [-0.05, 0) is 44.5 Å². The molecule has 2 aromatic rings. The molecular formula is C19H25N5O. The molecule has 1 N–H and O–H groups in total. The van der Waals surface area contributed by atoms with Crippen molar-refractivity contribution >= 4 is 5.91 Å². The lowest BCUT2D eigenvalue weighted by Gasteiger charge is -2.35. The van der Waals surface area contributed by atoms with Gasteiger partial charge in [-0.15, -0.1) is 10.2 Å². The molecule has 6 nitrogen and oxygen atoms in total. The van der Waals surface area contributed by atoms with E-state index in [1.807, 2.05) is 26.2 Å². The largest absolute Gasteiger partial charge is 0.354 e. The lowest BCUT2D eigenvalue weighted by Crippen LogP contribution is -2.52. The highest BCUT2D eigenvalue weighted by Gasteiger charge is 2.46. The van der Waals surface area contributed by atoms with Gasteiger partial charge in [0.1, 0.15) is 17.2 Å². The Hall–Kier alpha value is -2.21. The number of nitrogens with zero attached hydrogens (tertiary/aromatic N) is 4. The quantitative estimate of drug-likeness (QED) is 0.891. The first-order chi connectivity index (χ1) is 12.1. The van der Waals surface area contributed by atoms with Crippen LogP contribution in [0.3, 0.4) is 0 Å². The summed E-state index contributed by atoms with van der Waals surface area (Å²) < 4.78 is 2.19. The fraction of sp³-hybridized carbons (Fsp3) is 0.526. The maximum absolute atomic E-state index is 13.1. The third kappa shape index (κ3) is 2.56. The summed E-state index contributed by atoms with van der Waals surface area (Å²) in [6, 6.07) is 8.30. The summed E-state index contributed by atoms with van der Waals surface area (Å²) >= 11 is 0. The van der Waals surface area contributed by atoms with Gasteiger partial charge >= 0.3 is 0 Å². The molecule has 1 aliphatic heterocycles. The van der Waals surface area contributed by atoms with Gasteiger partial charge in [0.15, 0.2) is 0 Å². The maximum Gasteiger partial charge on any atom is 0.245 e. The van der Waals surface area contributed by atoms with Gasteiger partial charge in [0.25, 0.3) is 0 Å². The Morgan fingerprint density at radius 2 is 2.12 bits per heavy atom. The molecule has 0 saturated carbocycles. The smallest absolute Gasteiger partial charge is 0.245 e. The van der Waals surface area contributed by atoms with Crippen molar-refractivity contribution in [2.24, 2.45) is 0 Å². The lowest BCUT2D eigenvalue weighted by atomic mass is 9.89. The summed E-state index contributed by atoms with van der Waals surface area (Å²) in [5, 5.41) is 11.7. The zero-order valence-corrected chi connectivity index (χ0v) is 15.0. The van der Waals surface area contributed by atoms with E-state index in [9.17, 15) is 4.79 Å². The van der Waals surface area contributed by atoms with Gasteiger partial charge in [-0.1, -0.05) is 24.3 Å². The van der Waals surface area contributed by atoms with E-state index in [2.05, 4.69) is 37.1 Å². The second-order valence-corrected chi connectivity index (χ2v) is 7.21. The van der Waals surface area contributed by atoms with Crippen LogP contribution in [0.2, 0.25) is 0 Å². The van der Waals surface area contributed by atoms with Crippen molar-refractivity contribution in [3.8, 4) is 0 Å². The number of amides is 1. The van der Waals surface area contributed by atoms with Gasteiger partial charge in [-0.25, -0.2) is 0 Å². The SMILES string of the molecule is CN(C)[C@@]1(C(=O)NCCc2nnc3n2CCC3)CCc2ccccc21. The Kier molecular flexibility index (Phi) is 4.07. The number of nitrogens with one attached hydrogen (secondary N) is 1. The molecule has 0 saturated heterocycles. The summed E-state index contributed by atoms with van der Waals surface area (Å²) in [6.07, 6.45) is 4.65. The van der Waals surface area contributed by atoms with Gasteiger partial charge in [-0.3, -0.25) is 9.69 Å². The zero-order valence-electron chi connectivity index (χ0n) is 15.0. The first-order valence-electron chi connectivity index (χ1n) is 9.08. The number of carbonyl (C=O) groups excluding carboxylic acids is 1. The van der Waals surface area contributed by atoms with Gasteiger partial charge in [0, 0.05) is 25.9 Å². The molecule has 1 aromatic carbocycles. The average Bonchev–Trinajstić information content (AvgIpc) is 3.29. The van der Waals surface area contributed by atoms with Crippen LogP contribution in [0, 0.1) is 0 Å². The second kappa shape index (κ2) is 6.26. The molecule has 2 aliphatic rings. The van der Waals surface area contributed by atoms with Gasteiger partial charge in [0.2, 0.25) is 5.91 Å². The number of carbonyl (C=O) groups is 1. The summed E-state index contributed by atoms with van der Waals surface area (Å²) in [4.78, 5) is 15.2. The topological polar surface area (TPSA) is 63.1 Å². The van der Waals surface area contributed by atoms with Crippen LogP contribution in [0.1, 0.15) is 35.6 Å². The van der Waals surface area contributed by atoms with E-state index in [-0.39, 0.29) is 5.91 Å². The normalized spacial score (nSPS) is 21.4. The highest BCUT2D eigenvalue weighted by atomic mass is 16.2. The van der Waals surface area contributed by atoms with Crippen molar-refractivity contribution in [2.45, 2.75) is 44.2 Å². The minimum absolute atomic E-state index is 0.0867. The van der Waals surface area contributed by atoms with E-state index in [1.165, 1.54) is 5.56 Å². The number of fused-ring (bicyclic) bond motifs is 2. The molecule has 1 aliphatic carbocycles. The third-order valence-corrected chi connectivity index (χ3v) is 5.68. The Morgan fingerprint density at radius 1 is 1.28 bits per heavy atom. The molecule has 0 unspecified atom stereocenters. The molecule has 132 valence electrons. The Bertz CT molecular complexity index is 797. The molecule has 1 amide bonds. The number of rotatable bonds is 5. The number of aryl methyl sites for hydroxylation is 2. The molecule has 0 bridgehead atoms. The molecular weight excluding hydrogens is 314 g/mol. The summed E-state index contributed by atoms with van der Waals surface area (Å²) in [5.41, 5.74) is 1.85. The van der Waals surface area contributed by atoms with Crippen molar-refractivity contribution in [2.75, 3.05) is 20.6 Å². The molecule has 6 heteroatoms. The van der Waals surface area contributed by atoms with Crippen molar-refractivity contribution in [3.63, 3.8) is 0 Å². The van der Waals surface area contributed by atoms with Crippen LogP contribution >= 0.6 is 0 Å². The number of likely N-dealkylation sites (N-methyl/N-ethyl adjacent to an activating group) is 1. The van der Waals surface area contributed by atoms with Crippen LogP contribution in [-0.4, -0.2) is 46.2 Å². The van der Waals surface area contributed by atoms with Crippen molar-refractivity contribution in [1.82, 2.24) is 25.0 Å². The predicted octanol–water partition coefficient (Wildman–Crippen LogP) is 1.29. The second-order valence-electron chi connectivity index (χ2n) is 7.21. The minimum atomic E-state index is -0.566. The summed E-state index contributed by atoms with van der Waals surface area (Å²) in [7, 11) is 3.99. The zero-order chi connectivity index (χ0) is 17.4. The Labute approximate surface area is 148 Å². The van der Waals surface area contributed by atoms with Crippen LogP contribution in [0.25, 0.3) is 0 Å². The molecule has 1 atom stereocenters. The predicted molar refractivity (Wildman–Crippen MR) is 95.2 cm³/mol. The average molecular weight is 339 g/mol. The third-order valence-electron chi connectivity index (χ3n) is 5.68. The van der Waals surface area contributed by atoms with Gasteiger partial charge in [-0.2, -0.15) is 0 Å². The van der Waals surface area contributed by atoms with Crippen LogP contribution in [-0.2, 0) is 36.1 Å². The van der Waals surface area contributed by atoms with Crippen molar-refractivity contribution in [3.05, 3.63) is 47.0 Å². The van der Waals surface area contributed by atoms with E-state index in [4.69, 9.17) is 0 Å². The summed E-state index contributed by atoms with van der Waals surface area (Å²) in [6.45, 7) is 1.59. The van der Waals surface area contributed by atoms with Gasteiger partial charge in [0.05, 0.1) is 0 Å². The van der Waals surface area contributed by atoms with Gasteiger partial charge < -0.3 is 9.88 Å². The van der Waals surface area contributed by atoms with E-state index in [0.29, 0.717) is 6.54 Å². The highest BCUT2D eigenvalue weighted by molar-refractivity contribution is 5.89. The number of hydrogen-bond donors (Lipinski definition) is 1. The number of hydrogen-bond acceptors (Lipinski definition) is 4. The molecule has 25 heavy (non-hydrogen) atoms. The number of aromatic nitrogens is 3. The molecule has 0 radical (unpaired) electrons. The molecule has 4 rings (SSSR count). The number of benzene rings is 1. The molecule has 1 aromatic heterocycles. The van der Waals surface area contributed by atoms with Crippen molar-refractivity contribution in [1.29, 1.82) is 0 Å². The summed E-state index contributed by atoms with van der Waals surface area (Å²) in [5.74, 6) is 2.15. The molecule has 0 fully saturated rings. The standard InChI is InChI=1S/C19H25N5O/c1-23(2)19(11-9-14-6-3-4-7-15(14)19)18(25)20-12-10-17-22-21-16-8-5-13-24(16)17/h3-4,6-7H,5,8-13H2,1-2H3,(H,20,25)/t19-/m0/s1. The van der Waals surface area contributed by atoms with Crippen LogP contribution in [0.5, 0.6) is 0 Å². The van der Waals surface area contributed by atoms with E-state index < -0.39 is 5.54 Å². The first-order valence-corrected chi connectivity index (χ1v) is 9.08. The van der Waals surface area contributed by atoms with E-state index in [1.54, 1.807) is 0 Å². The highest BCUT2D eigenvalue weighted by Crippen LogP contribution is 2.40.